The van der Waals surface area contributed by atoms with Crippen LogP contribution in [0.3, 0.4) is 0 Å². The van der Waals surface area contributed by atoms with E-state index in [-0.39, 0.29) is 18.0 Å². The van der Waals surface area contributed by atoms with Gasteiger partial charge in [-0.3, -0.25) is 9.69 Å². The molecule has 0 saturated carbocycles. The Kier molecular flexibility index (Phi) is 4.88. The fourth-order valence-electron chi connectivity index (χ4n) is 2.50. The van der Waals surface area contributed by atoms with E-state index in [0.29, 0.717) is 12.5 Å². The second-order valence-electron chi connectivity index (χ2n) is 4.93. The maximum Gasteiger partial charge on any atom is 0.324 e. The van der Waals surface area contributed by atoms with Crippen LogP contribution in [-0.2, 0) is 4.79 Å². The molecular formula is C12H21N3O2S. The molecule has 0 aromatic rings. The number of imide groups is 1. The van der Waals surface area contributed by atoms with Crippen LogP contribution in [0.2, 0.25) is 0 Å². The molecular weight excluding hydrogens is 250 g/mol. The van der Waals surface area contributed by atoms with E-state index in [1.807, 2.05) is 6.26 Å². The summed E-state index contributed by atoms with van der Waals surface area (Å²) in [6.07, 6.45) is 4.83. The van der Waals surface area contributed by atoms with Gasteiger partial charge >= 0.3 is 6.03 Å². The predicted molar refractivity (Wildman–Crippen MR) is 72.6 cm³/mol. The van der Waals surface area contributed by atoms with Gasteiger partial charge in [-0.05, 0) is 50.3 Å². The lowest BCUT2D eigenvalue weighted by molar-refractivity contribution is -0.128. The van der Waals surface area contributed by atoms with Crippen molar-refractivity contribution in [1.82, 2.24) is 15.5 Å². The summed E-state index contributed by atoms with van der Waals surface area (Å²) < 4.78 is 0. The zero-order valence-electron chi connectivity index (χ0n) is 10.8. The minimum atomic E-state index is -0.299. The molecule has 0 aromatic heterocycles. The monoisotopic (exact) mass is 271 g/mol. The van der Waals surface area contributed by atoms with E-state index in [1.54, 1.807) is 11.8 Å². The molecule has 3 amide bonds. The first-order valence-electron chi connectivity index (χ1n) is 6.54. The molecule has 1 unspecified atom stereocenters. The Bertz CT molecular complexity index is 318. The van der Waals surface area contributed by atoms with Crippen molar-refractivity contribution in [3.63, 3.8) is 0 Å². The highest BCUT2D eigenvalue weighted by Gasteiger charge is 2.38. The van der Waals surface area contributed by atoms with Crippen LogP contribution in [0, 0.1) is 5.92 Å². The lowest BCUT2D eigenvalue weighted by Gasteiger charge is -2.25. The van der Waals surface area contributed by atoms with Crippen LogP contribution in [0.1, 0.15) is 19.3 Å². The van der Waals surface area contributed by atoms with Gasteiger partial charge in [-0.25, -0.2) is 4.79 Å². The van der Waals surface area contributed by atoms with E-state index < -0.39 is 0 Å². The highest BCUT2D eigenvalue weighted by molar-refractivity contribution is 7.98. The van der Waals surface area contributed by atoms with E-state index in [4.69, 9.17) is 0 Å². The zero-order valence-corrected chi connectivity index (χ0v) is 11.6. The topological polar surface area (TPSA) is 61.4 Å². The molecule has 18 heavy (non-hydrogen) atoms. The summed E-state index contributed by atoms with van der Waals surface area (Å²) in [5.74, 6) is 1.32. The van der Waals surface area contributed by atoms with E-state index in [1.165, 1.54) is 4.90 Å². The Morgan fingerprint density at radius 3 is 2.72 bits per heavy atom. The Morgan fingerprint density at radius 1 is 1.33 bits per heavy atom. The Balaban J connectivity index is 1.87. The fourth-order valence-corrected chi connectivity index (χ4v) is 2.98. The number of hydrogen-bond acceptors (Lipinski definition) is 4. The van der Waals surface area contributed by atoms with Gasteiger partial charge < -0.3 is 10.6 Å². The molecule has 2 N–H and O–H groups in total. The van der Waals surface area contributed by atoms with E-state index >= 15 is 0 Å². The van der Waals surface area contributed by atoms with Crippen LogP contribution < -0.4 is 10.6 Å². The number of piperidine rings is 1. The minimum absolute atomic E-state index is 0.0346. The molecule has 102 valence electrons. The van der Waals surface area contributed by atoms with Crippen molar-refractivity contribution in [2.45, 2.75) is 25.3 Å². The molecule has 2 rings (SSSR count). The lowest BCUT2D eigenvalue weighted by atomic mass is 9.97. The number of amides is 3. The number of thioether (sulfide) groups is 1. The van der Waals surface area contributed by atoms with Gasteiger partial charge in [0.25, 0.3) is 5.91 Å². The quantitative estimate of drug-likeness (QED) is 0.721. The first-order chi connectivity index (χ1) is 8.72. The van der Waals surface area contributed by atoms with Crippen LogP contribution in [0.5, 0.6) is 0 Å². The molecule has 2 fully saturated rings. The number of carbonyl (C=O) groups is 2. The molecule has 0 bridgehead atoms. The summed E-state index contributed by atoms with van der Waals surface area (Å²) in [6.45, 7) is 2.57. The maximum absolute atomic E-state index is 12.1. The molecule has 5 nitrogen and oxygen atoms in total. The van der Waals surface area contributed by atoms with Crippen molar-refractivity contribution in [3.8, 4) is 0 Å². The Morgan fingerprint density at radius 2 is 2.06 bits per heavy atom. The molecule has 0 spiro atoms. The summed E-state index contributed by atoms with van der Waals surface area (Å²) in [5.41, 5.74) is 0. The van der Waals surface area contributed by atoms with Gasteiger partial charge in [0.15, 0.2) is 0 Å². The maximum atomic E-state index is 12.1. The normalized spacial score (nSPS) is 25.6. The molecule has 0 aliphatic carbocycles. The average molecular weight is 271 g/mol. The van der Waals surface area contributed by atoms with Gasteiger partial charge in [0.05, 0.1) is 0 Å². The van der Waals surface area contributed by atoms with Gasteiger partial charge in [-0.15, -0.1) is 0 Å². The van der Waals surface area contributed by atoms with Gasteiger partial charge in [-0.2, -0.15) is 11.8 Å². The summed E-state index contributed by atoms with van der Waals surface area (Å²) >= 11 is 1.70. The highest BCUT2D eigenvalue weighted by atomic mass is 32.2. The van der Waals surface area contributed by atoms with Gasteiger partial charge in [0, 0.05) is 6.54 Å². The minimum Gasteiger partial charge on any atom is -0.326 e. The van der Waals surface area contributed by atoms with Crippen LogP contribution in [-0.4, -0.2) is 54.5 Å². The summed E-state index contributed by atoms with van der Waals surface area (Å²) in [5, 5.41) is 6.08. The molecule has 1 atom stereocenters. The van der Waals surface area contributed by atoms with Crippen molar-refractivity contribution < 1.29 is 9.59 Å². The van der Waals surface area contributed by atoms with E-state index in [2.05, 4.69) is 10.6 Å². The Hall–Kier alpha value is -0.750. The molecule has 6 heteroatoms. The number of carbonyl (C=O) groups excluding carboxylic acids is 2. The summed E-state index contributed by atoms with van der Waals surface area (Å²) in [6, 6.07) is -0.503. The van der Waals surface area contributed by atoms with Crippen molar-refractivity contribution in [2.75, 3.05) is 31.6 Å². The van der Waals surface area contributed by atoms with Crippen LogP contribution in [0.4, 0.5) is 4.79 Å². The number of rotatable bonds is 5. The third-order valence-corrected chi connectivity index (χ3v) is 4.26. The highest BCUT2D eigenvalue weighted by Crippen LogP contribution is 2.18. The Labute approximate surface area is 112 Å². The number of nitrogens with zero attached hydrogens (tertiary/aromatic N) is 1. The third-order valence-electron chi connectivity index (χ3n) is 3.62. The van der Waals surface area contributed by atoms with Crippen LogP contribution in [0.25, 0.3) is 0 Å². The van der Waals surface area contributed by atoms with Crippen LogP contribution in [0.15, 0.2) is 0 Å². The molecule has 0 aromatic carbocycles. The SMILES string of the molecule is CSCCC1NC(=O)N(CC2CCNCC2)C1=O. The second kappa shape index (κ2) is 6.43. The van der Waals surface area contributed by atoms with E-state index in [9.17, 15) is 9.59 Å². The van der Waals surface area contributed by atoms with E-state index in [0.717, 1.165) is 38.1 Å². The third kappa shape index (κ3) is 3.17. The molecule has 2 saturated heterocycles. The van der Waals surface area contributed by atoms with Gasteiger partial charge in [0.2, 0.25) is 0 Å². The predicted octanol–water partition coefficient (Wildman–Crippen LogP) is 0.659. The molecule has 0 radical (unpaired) electrons. The largest absolute Gasteiger partial charge is 0.326 e. The second-order valence-corrected chi connectivity index (χ2v) is 5.91. The lowest BCUT2D eigenvalue weighted by Crippen LogP contribution is -2.39. The summed E-state index contributed by atoms with van der Waals surface area (Å²) in [4.78, 5) is 25.3. The molecule has 2 heterocycles. The van der Waals surface area contributed by atoms with Crippen molar-refractivity contribution in [3.05, 3.63) is 0 Å². The molecule has 2 aliphatic heterocycles. The molecule has 2 aliphatic rings. The number of nitrogens with one attached hydrogen (secondary N) is 2. The number of hydrogen-bond donors (Lipinski definition) is 2. The smallest absolute Gasteiger partial charge is 0.324 e. The first-order valence-corrected chi connectivity index (χ1v) is 7.93. The van der Waals surface area contributed by atoms with Crippen molar-refractivity contribution in [1.29, 1.82) is 0 Å². The van der Waals surface area contributed by atoms with Crippen molar-refractivity contribution >= 4 is 23.7 Å². The summed E-state index contributed by atoms with van der Waals surface area (Å²) in [7, 11) is 0. The standard InChI is InChI=1S/C12H21N3O2S/c1-18-7-4-10-11(16)15(12(17)14-10)8-9-2-5-13-6-3-9/h9-10,13H,2-8H2,1H3,(H,14,17). The number of urea groups is 1. The fraction of sp³-hybridized carbons (Fsp3) is 0.833. The zero-order chi connectivity index (χ0) is 13.0. The van der Waals surface area contributed by atoms with Crippen molar-refractivity contribution in [2.24, 2.45) is 5.92 Å². The first kappa shape index (κ1) is 13.7. The van der Waals surface area contributed by atoms with Gasteiger partial charge in [-0.1, -0.05) is 0 Å². The van der Waals surface area contributed by atoms with Gasteiger partial charge in [0.1, 0.15) is 6.04 Å². The average Bonchev–Trinajstić information content (AvgIpc) is 2.65. The van der Waals surface area contributed by atoms with Crippen LogP contribution >= 0.6 is 11.8 Å².